The van der Waals surface area contributed by atoms with E-state index in [9.17, 15) is 14.7 Å². The van der Waals surface area contributed by atoms with Crippen molar-refractivity contribution in [3.63, 3.8) is 0 Å². The van der Waals surface area contributed by atoms with Crippen molar-refractivity contribution in [1.29, 1.82) is 0 Å². The van der Waals surface area contributed by atoms with E-state index in [1.807, 2.05) is 32.9 Å². The molecule has 0 radical (unpaired) electrons. The monoisotopic (exact) mass is 449 g/mol. The first-order chi connectivity index (χ1) is 15.9. The van der Waals surface area contributed by atoms with E-state index in [1.54, 1.807) is 47.4 Å². The number of hydrogen-bond donors (Lipinski definition) is 1. The summed E-state index contributed by atoms with van der Waals surface area (Å²) in [6, 6.07) is 13.4. The molecule has 1 atom stereocenters. The topological polar surface area (TPSA) is 76.1 Å². The number of ketones is 1. The molecule has 1 amide bonds. The predicted octanol–water partition coefficient (Wildman–Crippen LogP) is 5.26. The van der Waals surface area contributed by atoms with Crippen LogP contribution in [0.2, 0.25) is 0 Å². The summed E-state index contributed by atoms with van der Waals surface area (Å²) in [4.78, 5) is 27.6. The molecule has 2 aromatic carbocycles. The first-order valence-corrected chi connectivity index (χ1v) is 11.3. The number of carbonyl (C=O) groups is 2. The molecular formula is C27H31NO5. The molecule has 2 aromatic rings. The molecular weight excluding hydrogens is 418 g/mol. The van der Waals surface area contributed by atoms with Gasteiger partial charge >= 0.3 is 0 Å². The summed E-state index contributed by atoms with van der Waals surface area (Å²) in [5.41, 5.74) is 1.23. The van der Waals surface area contributed by atoms with Gasteiger partial charge in [-0.3, -0.25) is 9.59 Å². The van der Waals surface area contributed by atoms with E-state index in [0.29, 0.717) is 35.8 Å². The molecule has 0 saturated carbocycles. The number of hydrogen-bond acceptors (Lipinski definition) is 5. The zero-order valence-corrected chi connectivity index (χ0v) is 19.4. The maximum atomic E-state index is 13.1. The minimum Gasteiger partial charge on any atom is -0.507 e. The standard InChI is InChI=1S/C27H31NO5/c1-5-7-15-28-24(20-9-8-10-22(17-20)32-16-6-2)23(26(30)27(28)31)25(29)19-11-13-21(14-12-19)33-18(3)4/h6,8-14,17-18,24,29H,2,5,7,15-16H2,1,3-4H3/b25-23-. The van der Waals surface area contributed by atoms with Crippen molar-refractivity contribution in [3.05, 3.63) is 77.9 Å². The SMILES string of the molecule is C=CCOc1cccc(C2/C(=C(/O)c3ccc(OC(C)C)cc3)C(=O)C(=O)N2CCCC)c1. The highest BCUT2D eigenvalue weighted by Gasteiger charge is 2.45. The van der Waals surface area contributed by atoms with E-state index in [1.165, 1.54) is 0 Å². The highest BCUT2D eigenvalue weighted by atomic mass is 16.5. The fraction of sp³-hybridized carbons (Fsp3) is 0.333. The summed E-state index contributed by atoms with van der Waals surface area (Å²) in [6.45, 7) is 10.3. The van der Waals surface area contributed by atoms with Crippen LogP contribution in [0.3, 0.4) is 0 Å². The number of aliphatic hydroxyl groups is 1. The Morgan fingerprint density at radius 3 is 2.52 bits per heavy atom. The van der Waals surface area contributed by atoms with E-state index < -0.39 is 17.7 Å². The molecule has 6 heteroatoms. The lowest BCUT2D eigenvalue weighted by molar-refractivity contribution is -0.139. The molecule has 6 nitrogen and oxygen atoms in total. The smallest absolute Gasteiger partial charge is 0.295 e. The average Bonchev–Trinajstić information content (AvgIpc) is 3.06. The van der Waals surface area contributed by atoms with Crippen molar-refractivity contribution in [2.75, 3.05) is 13.2 Å². The number of nitrogens with zero attached hydrogens (tertiary/aromatic N) is 1. The van der Waals surface area contributed by atoms with E-state index in [0.717, 1.165) is 12.8 Å². The van der Waals surface area contributed by atoms with Gasteiger partial charge in [0.2, 0.25) is 0 Å². The Kier molecular flexibility index (Phi) is 7.93. The molecule has 1 saturated heterocycles. The fourth-order valence-corrected chi connectivity index (χ4v) is 3.83. The lowest BCUT2D eigenvalue weighted by atomic mass is 9.95. The van der Waals surface area contributed by atoms with Crippen molar-refractivity contribution >= 4 is 17.4 Å². The first-order valence-electron chi connectivity index (χ1n) is 11.3. The van der Waals surface area contributed by atoms with Gasteiger partial charge in [-0.05, 0) is 62.2 Å². The molecule has 1 heterocycles. The van der Waals surface area contributed by atoms with Crippen molar-refractivity contribution in [2.24, 2.45) is 0 Å². The third-order valence-corrected chi connectivity index (χ3v) is 5.33. The Hall–Kier alpha value is -3.54. The number of unbranched alkanes of at least 4 members (excludes halogenated alkanes) is 1. The van der Waals surface area contributed by atoms with E-state index >= 15 is 0 Å². The largest absolute Gasteiger partial charge is 0.507 e. The molecule has 0 aliphatic carbocycles. The molecule has 0 spiro atoms. The zero-order valence-electron chi connectivity index (χ0n) is 19.4. The maximum absolute atomic E-state index is 13.1. The number of benzene rings is 2. The number of rotatable bonds is 10. The quantitative estimate of drug-likeness (QED) is 0.232. The van der Waals surface area contributed by atoms with Crippen LogP contribution in [0.4, 0.5) is 0 Å². The van der Waals surface area contributed by atoms with Crippen molar-refractivity contribution in [1.82, 2.24) is 4.90 Å². The lowest BCUT2D eigenvalue weighted by Gasteiger charge is -2.25. The summed E-state index contributed by atoms with van der Waals surface area (Å²) >= 11 is 0. The number of aliphatic hydroxyl groups excluding tert-OH is 1. The number of amides is 1. The van der Waals surface area contributed by atoms with E-state index in [-0.39, 0.29) is 17.4 Å². The van der Waals surface area contributed by atoms with Crippen LogP contribution < -0.4 is 9.47 Å². The summed E-state index contributed by atoms with van der Waals surface area (Å²) < 4.78 is 11.3. The summed E-state index contributed by atoms with van der Waals surface area (Å²) in [5.74, 6) is -0.233. The summed E-state index contributed by atoms with van der Waals surface area (Å²) in [6.07, 6.45) is 3.28. The van der Waals surface area contributed by atoms with Gasteiger partial charge in [-0.1, -0.05) is 38.1 Å². The van der Waals surface area contributed by atoms with Crippen molar-refractivity contribution in [3.8, 4) is 11.5 Å². The van der Waals surface area contributed by atoms with Crippen LogP contribution in [0.1, 0.15) is 50.8 Å². The number of carbonyl (C=O) groups excluding carboxylic acids is 2. The molecule has 0 aromatic heterocycles. The van der Waals surface area contributed by atoms with Crippen LogP contribution in [0.15, 0.2) is 66.8 Å². The van der Waals surface area contributed by atoms with Gasteiger partial charge in [-0.15, -0.1) is 0 Å². The molecule has 1 N–H and O–H groups in total. The van der Waals surface area contributed by atoms with Crippen LogP contribution >= 0.6 is 0 Å². The van der Waals surface area contributed by atoms with Crippen LogP contribution in [0.25, 0.3) is 5.76 Å². The van der Waals surface area contributed by atoms with E-state index in [2.05, 4.69) is 6.58 Å². The van der Waals surface area contributed by atoms with Gasteiger partial charge in [0, 0.05) is 12.1 Å². The average molecular weight is 450 g/mol. The third kappa shape index (κ3) is 5.45. The normalized spacial score (nSPS) is 17.5. The van der Waals surface area contributed by atoms with Crippen molar-refractivity contribution in [2.45, 2.75) is 45.8 Å². The van der Waals surface area contributed by atoms with Gasteiger partial charge in [0.25, 0.3) is 11.7 Å². The molecule has 1 aliphatic heterocycles. The predicted molar refractivity (Wildman–Crippen MR) is 128 cm³/mol. The molecule has 1 unspecified atom stereocenters. The van der Waals surface area contributed by atoms with Gasteiger partial charge in [-0.25, -0.2) is 0 Å². The summed E-state index contributed by atoms with van der Waals surface area (Å²) in [5, 5.41) is 11.2. The van der Waals surface area contributed by atoms with E-state index in [4.69, 9.17) is 9.47 Å². The number of Topliss-reactive ketones (excluding diaryl/α,β-unsaturated/α-hetero) is 1. The van der Waals surface area contributed by atoms with Gasteiger partial charge in [0.05, 0.1) is 17.7 Å². The van der Waals surface area contributed by atoms with Crippen LogP contribution in [0.5, 0.6) is 11.5 Å². The Balaban J connectivity index is 2.07. The summed E-state index contributed by atoms with van der Waals surface area (Å²) in [7, 11) is 0. The van der Waals surface area contributed by atoms with Crippen LogP contribution in [-0.4, -0.2) is 41.0 Å². The molecule has 174 valence electrons. The van der Waals surface area contributed by atoms with Gasteiger partial charge in [-0.2, -0.15) is 0 Å². The third-order valence-electron chi connectivity index (χ3n) is 5.33. The first kappa shape index (κ1) is 24.1. The zero-order chi connectivity index (χ0) is 24.0. The molecule has 0 bridgehead atoms. The minimum absolute atomic E-state index is 0.0175. The Morgan fingerprint density at radius 2 is 1.88 bits per heavy atom. The highest BCUT2D eigenvalue weighted by Crippen LogP contribution is 2.40. The Labute approximate surface area is 195 Å². The molecule has 1 fully saturated rings. The Bertz CT molecular complexity index is 1040. The highest BCUT2D eigenvalue weighted by molar-refractivity contribution is 6.46. The van der Waals surface area contributed by atoms with Crippen LogP contribution in [0, 0.1) is 0 Å². The number of likely N-dealkylation sites (tertiary alicyclic amines) is 1. The van der Waals surface area contributed by atoms with Crippen molar-refractivity contribution < 1.29 is 24.2 Å². The van der Waals surface area contributed by atoms with Gasteiger partial charge < -0.3 is 19.5 Å². The Morgan fingerprint density at radius 1 is 1.15 bits per heavy atom. The number of ether oxygens (including phenoxy) is 2. The molecule has 1 aliphatic rings. The van der Waals surface area contributed by atoms with Gasteiger partial charge in [0.1, 0.15) is 23.9 Å². The maximum Gasteiger partial charge on any atom is 0.295 e. The van der Waals surface area contributed by atoms with Gasteiger partial charge in [0.15, 0.2) is 0 Å². The second kappa shape index (κ2) is 10.9. The lowest BCUT2D eigenvalue weighted by Crippen LogP contribution is -2.30. The minimum atomic E-state index is -0.699. The second-order valence-electron chi connectivity index (χ2n) is 8.21. The molecule has 3 rings (SSSR count). The van der Waals surface area contributed by atoms with Crippen LogP contribution in [-0.2, 0) is 9.59 Å². The molecule has 33 heavy (non-hydrogen) atoms. The fourth-order valence-electron chi connectivity index (χ4n) is 3.83. The second-order valence-corrected chi connectivity index (χ2v) is 8.21.